The van der Waals surface area contributed by atoms with E-state index in [1.807, 2.05) is 0 Å². The van der Waals surface area contributed by atoms with Gasteiger partial charge < -0.3 is 20.1 Å². The maximum Gasteiger partial charge on any atom is 0.407 e. The second kappa shape index (κ2) is 6.23. The zero-order valence-electron chi connectivity index (χ0n) is 10.5. The Hall–Kier alpha value is -1.79. The van der Waals surface area contributed by atoms with E-state index in [-0.39, 0.29) is 11.8 Å². The summed E-state index contributed by atoms with van der Waals surface area (Å²) in [6.07, 6.45) is 0.359. The number of carbonyl (C=O) groups is 3. The van der Waals surface area contributed by atoms with Crippen molar-refractivity contribution >= 4 is 18.0 Å². The van der Waals surface area contributed by atoms with E-state index >= 15 is 0 Å². The number of alkyl carbamates (subject to hydrolysis) is 1. The Balaban J connectivity index is 2.58. The highest BCUT2D eigenvalue weighted by atomic mass is 16.5. The number of nitrogens with one attached hydrogen (secondary N) is 1. The second-order valence-corrected chi connectivity index (χ2v) is 4.30. The lowest BCUT2D eigenvalue weighted by molar-refractivity contribution is -0.141. The van der Waals surface area contributed by atoms with Crippen molar-refractivity contribution in [2.45, 2.75) is 25.8 Å². The number of piperidine rings is 1. The number of carbonyl (C=O) groups excluding carboxylic acids is 2. The number of hydrogen-bond acceptors (Lipinski definition) is 4. The molecule has 2 N–H and O–H groups in total. The SMILES string of the molecule is COC(=O)NC(C(=O)O)C1CCN(C(C)=O)CC1. The summed E-state index contributed by atoms with van der Waals surface area (Å²) in [6.45, 7) is 2.53. The number of nitrogens with zero attached hydrogens (tertiary/aromatic N) is 1. The lowest BCUT2D eigenvalue weighted by Gasteiger charge is -2.34. The van der Waals surface area contributed by atoms with E-state index in [0.717, 1.165) is 0 Å². The van der Waals surface area contributed by atoms with Crippen LogP contribution >= 0.6 is 0 Å². The normalized spacial score (nSPS) is 18.0. The van der Waals surface area contributed by atoms with Gasteiger partial charge in [-0.2, -0.15) is 0 Å². The summed E-state index contributed by atoms with van der Waals surface area (Å²) in [5.41, 5.74) is 0. The molecule has 0 bridgehead atoms. The van der Waals surface area contributed by atoms with E-state index in [1.165, 1.54) is 14.0 Å². The molecular weight excluding hydrogens is 240 g/mol. The van der Waals surface area contributed by atoms with Crippen molar-refractivity contribution in [1.82, 2.24) is 10.2 Å². The molecule has 1 fully saturated rings. The molecular formula is C11H18N2O5. The Labute approximate surface area is 105 Å². The maximum atomic E-state index is 11.2. The summed E-state index contributed by atoms with van der Waals surface area (Å²) in [5, 5.41) is 11.4. The summed E-state index contributed by atoms with van der Waals surface area (Å²) in [5.74, 6) is -1.28. The van der Waals surface area contributed by atoms with Gasteiger partial charge in [-0.05, 0) is 18.8 Å². The Morgan fingerprint density at radius 2 is 1.89 bits per heavy atom. The molecule has 0 aromatic heterocycles. The molecule has 2 amide bonds. The molecule has 1 aliphatic rings. The molecule has 0 saturated carbocycles. The van der Waals surface area contributed by atoms with Crippen LogP contribution in [0, 0.1) is 5.92 Å². The first kappa shape index (κ1) is 14.3. The average molecular weight is 258 g/mol. The third kappa shape index (κ3) is 3.61. The molecule has 18 heavy (non-hydrogen) atoms. The van der Waals surface area contributed by atoms with Gasteiger partial charge in [0.1, 0.15) is 6.04 Å². The van der Waals surface area contributed by atoms with Crippen molar-refractivity contribution in [2.24, 2.45) is 5.92 Å². The molecule has 0 spiro atoms. The predicted octanol–water partition coefficient (Wildman–Crippen LogP) is 0.0541. The lowest BCUT2D eigenvalue weighted by Crippen LogP contribution is -2.50. The average Bonchev–Trinajstić information content (AvgIpc) is 2.35. The molecule has 0 aromatic carbocycles. The van der Waals surface area contributed by atoms with Gasteiger partial charge >= 0.3 is 12.1 Å². The third-order valence-corrected chi connectivity index (χ3v) is 3.18. The summed E-state index contributed by atoms with van der Waals surface area (Å²) >= 11 is 0. The van der Waals surface area contributed by atoms with E-state index < -0.39 is 18.1 Å². The fourth-order valence-electron chi connectivity index (χ4n) is 2.11. The molecule has 1 rings (SSSR count). The molecule has 0 aliphatic carbocycles. The molecule has 0 aromatic rings. The number of hydrogen-bond donors (Lipinski definition) is 2. The zero-order chi connectivity index (χ0) is 13.7. The van der Waals surface area contributed by atoms with Crippen molar-refractivity contribution in [3.05, 3.63) is 0 Å². The Kier molecular flexibility index (Phi) is 4.94. The lowest BCUT2D eigenvalue weighted by atomic mass is 9.89. The van der Waals surface area contributed by atoms with E-state index in [1.54, 1.807) is 4.90 Å². The van der Waals surface area contributed by atoms with Crippen LogP contribution in [0.4, 0.5) is 4.79 Å². The number of carboxylic acid groups (broad SMARTS) is 1. The Bertz CT molecular complexity index is 336. The topological polar surface area (TPSA) is 95.9 Å². The van der Waals surface area contributed by atoms with Gasteiger partial charge in [0.15, 0.2) is 0 Å². The Morgan fingerprint density at radius 3 is 2.28 bits per heavy atom. The standard InChI is InChI=1S/C11H18N2O5/c1-7(14)13-5-3-8(4-6-13)9(10(15)16)12-11(17)18-2/h8-9H,3-6H2,1-2H3,(H,12,17)(H,15,16). The molecule has 1 heterocycles. The quantitative estimate of drug-likeness (QED) is 0.746. The van der Waals surface area contributed by atoms with Gasteiger partial charge in [-0.3, -0.25) is 4.79 Å². The van der Waals surface area contributed by atoms with Gasteiger partial charge in [0, 0.05) is 20.0 Å². The van der Waals surface area contributed by atoms with Crippen LogP contribution in [-0.2, 0) is 14.3 Å². The first-order valence-electron chi connectivity index (χ1n) is 5.78. The maximum absolute atomic E-state index is 11.2. The van der Waals surface area contributed by atoms with Gasteiger partial charge in [0.2, 0.25) is 5.91 Å². The molecule has 1 aliphatic heterocycles. The minimum Gasteiger partial charge on any atom is -0.480 e. The molecule has 0 radical (unpaired) electrons. The van der Waals surface area contributed by atoms with Crippen LogP contribution in [0.25, 0.3) is 0 Å². The molecule has 7 heteroatoms. The monoisotopic (exact) mass is 258 g/mol. The van der Waals surface area contributed by atoms with Crippen LogP contribution in [0.2, 0.25) is 0 Å². The number of aliphatic carboxylic acids is 1. The van der Waals surface area contributed by atoms with Crippen LogP contribution in [0.3, 0.4) is 0 Å². The van der Waals surface area contributed by atoms with E-state index in [4.69, 9.17) is 5.11 Å². The highest BCUT2D eigenvalue weighted by Gasteiger charge is 2.33. The number of carboxylic acids is 1. The summed E-state index contributed by atoms with van der Waals surface area (Å²) in [4.78, 5) is 35.0. The molecule has 1 atom stereocenters. The second-order valence-electron chi connectivity index (χ2n) is 4.30. The molecule has 7 nitrogen and oxygen atoms in total. The summed E-state index contributed by atoms with van der Waals surface area (Å²) in [6, 6.07) is -0.966. The molecule has 1 saturated heterocycles. The number of ether oxygens (including phenoxy) is 1. The minimum absolute atomic E-state index is 0.0127. The number of rotatable bonds is 3. The van der Waals surface area contributed by atoms with Crippen LogP contribution in [0.5, 0.6) is 0 Å². The van der Waals surface area contributed by atoms with Crippen LogP contribution < -0.4 is 5.32 Å². The predicted molar refractivity (Wildman–Crippen MR) is 61.9 cm³/mol. The van der Waals surface area contributed by atoms with Crippen molar-refractivity contribution < 1.29 is 24.2 Å². The zero-order valence-corrected chi connectivity index (χ0v) is 10.5. The van der Waals surface area contributed by atoms with Crippen molar-refractivity contribution in [3.8, 4) is 0 Å². The smallest absolute Gasteiger partial charge is 0.407 e. The summed E-state index contributed by atoms with van der Waals surface area (Å²) < 4.78 is 4.40. The van der Waals surface area contributed by atoms with Gasteiger partial charge in [0.25, 0.3) is 0 Å². The minimum atomic E-state index is -1.08. The van der Waals surface area contributed by atoms with Gasteiger partial charge in [0.05, 0.1) is 7.11 Å². The van der Waals surface area contributed by atoms with Gasteiger partial charge in [-0.15, -0.1) is 0 Å². The van der Waals surface area contributed by atoms with Crippen LogP contribution in [-0.4, -0.2) is 54.2 Å². The van der Waals surface area contributed by atoms with Crippen LogP contribution in [0.15, 0.2) is 0 Å². The third-order valence-electron chi connectivity index (χ3n) is 3.18. The van der Waals surface area contributed by atoms with E-state index in [9.17, 15) is 14.4 Å². The van der Waals surface area contributed by atoms with Crippen LogP contribution in [0.1, 0.15) is 19.8 Å². The van der Waals surface area contributed by atoms with Crippen molar-refractivity contribution in [3.63, 3.8) is 0 Å². The number of likely N-dealkylation sites (tertiary alicyclic amines) is 1. The largest absolute Gasteiger partial charge is 0.480 e. The Morgan fingerprint density at radius 1 is 1.33 bits per heavy atom. The highest BCUT2D eigenvalue weighted by Crippen LogP contribution is 2.21. The number of amides is 2. The molecule has 1 unspecified atom stereocenters. The van der Waals surface area contributed by atoms with Gasteiger partial charge in [-0.25, -0.2) is 9.59 Å². The first-order valence-corrected chi connectivity index (χ1v) is 5.78. The van der Waals surface area contributed by atoms with E-state index in [0.29, 0.717) is 25.9 Å². The fraction of sp³-hybridized carbons (Fsp3) is 0.727. The van der Waals surface area contributed by atoms with E-state index in [2.05, 4.69) is 10.1 Å². The number of methoxy groups -OCH3 is 1. The van der Waals surface area contributed by atoms with Gasteiger partial charge in [-0.1, -0.05) is 0 Å². The molecule has 102 valence electrons. The summed E-state index contributed by atoms with van der Waals surface area (Å²) in [7, 11) is 1.19. The van der Waals surface area contributed by atoms with Crippen molar-refractivity contribution in [1.29, 1.82) is 0 Å². The fourth-order valence-corrected chi connectivity index (χ4v) is 2.11. The highest BCUT2D eigenvalue weighted by molar-refractivity contribution is 5.80. The first-order chi connectivity index (χ1) is 8.45. The van der Waals surface area contributed by atoms with Crippen molar-refractivity contribution in [2.75, 3.05) is 20.2 Å².